The van der Waals surface area contributed by atoms with Crippen LogP contribution in [0.25, 0.3) is 0 Å². The highest BCUT2D eigenvalue weighted by molar-refractivity contribution is 7.89. The van der Waals surface area contributed by atoms with Crippen LogP contribution in [0.3, 0.4) is 0 Å². The molecule has 0 atom stereocenters. The fraction of sp³-hybridized carbons (Fsp3) is 0.278. The molecule has 2 rings (SSSR count). The summed E-state index contributed by atoms with van der Waals surface area (Å²) in [5.74, 6) is -2.36. The van der Waals surface area contributed by atoms with Crippen molar-refractivity contribution < 1.29 is 26.7 Å². The summed E-state index contributed by atoms with van der Waals surface area (Å²) in [6.07, 6.45) is 1.62. The molecular weight excluding hydrogens is 378 g/mol. The smallest absolute Gasteiger partial charge is 0.262 e. The minimum atomic E-state index is -3.58. The second-order valence-corrected chi connectivity index (χ2v) is 7.46. The summed E-state index contributed by atoms with van der Waals surface area (Å²) < 4.78 is 57.8. The summed E-state index contributed by atoms with van der Waals surface area (Å²) in [5.41, 5.74) is 0.0992. The number of unbranched alkanes of at least 4 members (excludes halogenated alkanes) is 1. The first-order chi connectivity index (χ1) is 12.8. The lowest BCUT2D eigenvalue weighted by molar-refractivity contribution is -0.118. The molecule has 0 heterocycles. The van der Waals surface area contributed by atoms with Gasteiger partial charge >= 0.3 is 0 Å². The lowest BCUT2D eigenvalue weighted by Gasteiger charge is -2.09. The number of carbonyl (C=O) groups excluding carboxylic acids is 1. The Morgan fingerprint density at radius 2 is 1.78 bits per heavy atom. The Hall–Kier alpha value is -2.52. The number of anilines is 1. The van der Waals surface area contributed by atoms with Gasteiger partial charge in [-0.1, -0.05) is 13.3 Å². The van der Waals surface area contributed by atoms with Crippen molar-refractivity contribution in [3.05, 3.63) is 54.1 Å². The third kappa shape index (κ3) is 6.30. The molecule has 0 fully saturated rings. The Balaban J connectivity index is 1.88. The number of amides is 1. The Morgan fingerprint density at radius 3 is 2.41 bits per heavy atom. The van der Waals surface area contributed by atoms with Gasteiger partial charge in [-0.2, -0.15) is 0 Å². The number of rotatable bonds is 9. The van der Waals surface area contributed by atoms with E-state index in [0.717, 1.165) is 25.0 Å². The van der Waals surface area contributed by atoms with Crippen LogP contribution in [-0.4, -0.2) is 27.5 Å². The number of sulfonamides is 1. The van der Waals surface area contributed by atoms with E-state index in [1.807, 2.05) is 6.92 Å². The normalized spacial score (nSPS) is 11.2. The number of ether oxygens (including phenoxy) is 1. The van der Waals surface area contributed by atoms with Gasteiger partial charge in [0.25, 0.3) is 5.91 Å². The Kier molecular flexibility index (Phi) is 7.26. The Morgan fingerprint density at radius 1 is 1.07 bits per heavy atom. The predicted octanol–water partition coefficient (Wildman–Crippen LogP) is 3.06. The van der Waals surface area contributed by atoms with Crippen LogP contribution in [0, 0.1) is 11.6 Å². The minimum Gasteiger partial charge on any atom is -0.484 e. The molecule has 2 aromatic carbocycles. The van der Waals surface area contributed by atoms with Gasteiger partial charge in [-0.3, -0.25) is 4.79 Å². The lowest BCUT2D eigenvalue weighted by atomic mass is 10.3. The molecule has 0 saturated carbocycles. The molecular formula is C18H20F2N2O4S. The van der Waals surface area contributed by atoms with E-state index in [2.05, 4.69) is 10.0 Å². The van der Waals surface area contributed by atoms with E-state index in [4.69, 9.17) is 4.74 Å². The van der Waals surface area contributed by atoms with Crippen LogP contribution in [0.5, 0.6) is 5.75 Å². The molecule has 0 unspecified atom stereocenters. The average molecular weight is 398 g/mol. The SMILES string of the molecule is CCCCNS(=O)(=O)c1ccc(OCC(=O)Nc2ccc(F)c(F)c2)cc1. The molecule has 0 bridgehead atoms. The van der Waals surface area contributed by atoms with E-state index in [1.54, 1.807) is 0 Å². The average Bonchev–Trinajstić information content (AvgIpc) is 2.63. The van der Waals surface area contributed by atoms with Crippen molar-refractivity contribution in [3.63, 3.8) is 0 Å². The van der Waals surface area contributed by atoms with Crippen molar-refractivity contribution in [3.8, 4) is 5.75 Å². The Bertz CT molecular complexity index is 887. The van der Waals surface area contributed by atoms with Crippen LogP contribution in [0.15, 0.2) is 47.4 Å². The van der Waals surface area contributed by atoms with Gasteiger partial charge in [0.2, 0.25) is 10.0 Å². The third-order valence-corrected chi connectivity index (χ3v) is 5.01. The van der Waals surface area contributed by atoms with Crippen LogP contribution in [0.2, 0.25) is 0 Å². The molecule has 9 heteroatoms. The number of nitrogens with one attached hydrogen (secondary N) is 2. The zero-order chi connectivity index (χ0) is 19.9. The summed E-state index contributed by atoms with van der Waals surface area (Å²) in [7, 11) is -3.58. The maximum absolute atomic E-state index is 13.1. The lowest BCUT2D eigenvalue weighted by Crippen LogP contribution is -2.24. The molecule has 146 valence electrons. The highest BCUT2D eigenvalue weighted by Crippen LogP contribution is 2.17. The first-order valence-corrected chi connectivity index (χ1v) is 9.77. The maximum atomic E-state index is 13.1. The fourth-order valence-electron chi connectivity index (χ4n) is 2.10. The number of halogens is 2. The summed E-state index contributed by atoms with van der Waals surface area (Å²) >= 11 is 0. The zero-order valence-electron chi connectivity index (χ0n) is 14.7. The fourth-order valence-corrected chi connectivity index (χ4v) is 3.18. The van der Waals surface area contributed by atoms with E-state index < -0.39 is 27.6 Å². The molecule has 6 nitrogen and oxygen atoms in total. The largest absolute Gasteiger partial charge is 0.484 e. The summed E-state index contributed by atoms with van der Waals surface area (Å²) in [4.78, 5) is 11.9. The van der Waals surface area contributed by atoms with Crippen molar-refractivity contribution in [2.75, 3.05) is 18.5 Å². The molecule has 0 aromatic heterocycles. The standard InChI is InChI=1S/C18H20F2N2O4S/c1-2-3-10-21-27(24,25)15-7-5-14(6-8-15)26-12-18(23)22-13-4-9-16(19)17(20)11-13/h4-9,11,21H,2-3,10,12H2,1H3,(H,22,23). The molecule has 0 saturated heterocycles. The van der Waals surface area contributed by atoms with E-state index >= 15 is 0 Å². The molecule has 0 spiro atoms. The van der Waals surface area contributed by atoms with Crippen molar-refractivity contribution in [2.45, 2.75) is 24.7 Å². The van der Waals surface area contributed by atoms with Crippen molar-refractivity contribution >= 4 is 21.6 Å². The first kappa shape index (κ1) is 20.8. The van der Waals surface area contributed by atoms with Gasteiger partial charge in [0.05, 0.1) is 4.90 Å². The van der Waals surface area contributed by atoms with Gasteiger partial charge in [-0.15, -0.1) is 0 Å². The first-order valence-electron chi connectivity index (χ1n) is 8.29. The summed E-state index contributed by atoms with van der Waals surface area (Å²) in [6.45, 7) is 1.95. The van der Waals surface area contributed by atoms with Gasteiger partial charge in [0, 0.05) is 18.3 Å². The molecule has 2 N–H and O–H groups in total. The molecule has 0 aliphatic heterocycles. The summed E-state index contributed by atoms with van der Waals surface area (Å²) in [5, 5.41) is 2.37. The quantitative estimate of drug-likeness (QED) is 0.636. The number of hydrogen-bond acceptors (Lipinski definition) is 4. The molecule has 27 heavy (non-hydrogen) atoms. The second-order valence-electron chi connectivity index (χ2n) is 5.69. The second kappa shape index (κ2) is 9.43. The number of benzene rings is 2. The zero-order valence-corrected chi connectivity index (χ0v) is 15.5. The van der Waals surface area contributed by atoms with Crippen LogP contribution in [0.4, 0.5) is 14.5 Å². The van der Waals surface area contributed by atoms with E-state index in [0.29, 0.717) is 12.3 Å². The highest BCUT2D eigenvalue weighted by Gasteiger charge is 2.13. The van der Waals surface area contributed by atoms with Gasteiger partial charge in [-0.25, -0.2) is 21.9 Å². The molecule has 1 amide bonds. The predicted molar refractivity (Wildman–Crippen MR) is 97.0 cm³/mol. The van der Waals surface area contributed by atoms with E-state index in [9.17, 15) is 22.0 Å². The van der Waals surface area contributed by atoms with Gasteiger partial charge in [0.1, 0.15) is 5.75 Å². The summed E-state index contributed by atoms with van der Waals surface area (Å²) in [6, 6.07) is 8.59. The van der Waals surface area contributed by atoms with E-state index in [1.165, 1.54) is 30.3 Å². The number of carbonyl (C=O) groups is 1. The van der Waals surface area contributed by atoms with Crippen LogP contribution in [-0.2, 0) is 14.8 Å². The Labute approximate surface area is 156 Å². The third-order valence-electron chi connectivity index (χ3n) is 3.53. The van der Waals surface area contributed by atoms with Crippen LogP contribution >= 0.6 is 0 Å². The molecule has 0 aliphatic carbocycles. The molecule has 0 radical (unpaired) electrons. The van der Waals surface area contributed by atoms with Crippen molar-refractivity contribution in [1.82, 2.24) is 4.72 Å². The van der Waals surface area contributed by atoms with Crippen molar-refractivity contribution in [1.29, 1.82) is 0 Å². The highest BCUT2D eigenvalue weighted by atomic mass is 32.2. The van der Waals surface area contributed by atoms with Crippen LogP contribution in [0.1, 0.15) is 19.8 Å². The van der Waals surface area contributed by atoms with Crippen LogP contribution < -0.4 is 14.8 Å². The number of hydrogen-bond donors (Lipinski definition) is 2. The van der Waals surface area contributed by atoms with Gasteiger partial charge in [-0.05, 0) is 42.8 Å². The van der Waals surface area contributed by atoms with Gasteiger partial charge < -0.3 is 10.1 Å². The van der Waals surface area contributed by atoms with E-state index in [-0.39, 0.29) is 17.2 Å². The maximum Gasteiger partial charge on any atom is 0.262 e. The van der Waals surface area contributed by atoms with Gasteiger partial charge in [0.15, 0.2) is 18.2 Å². The topological polar surface area (TPSA) is 84.5 Å². The monoisotopic (exact) mass is 398 g/mol. The molecule has 2 aromatic rings. The van der Waals surface area contributed by atoms with Crippen molar-refractivity contribution in [2.24, 2.45) is 0 Å². The molecule has 0 aliphatic rings. The minimum absolute atomic E-state index is 0.0946.